The van der Waals surface area contributed by atoms with Crippen molar-refractivity contribution >= 4 is 64.6 Å². The first kappa shape index (κ1) is 67.8. The maximum absolute atomic E-state index is 16.0. The lowest BCUT2D eigenvalue weighted by atomic mass is 9.89. The minimum absolute atomic E-state index is 0.0509. The molecule has 0 aliphatic carbocycles. The molecule has 7 amide bonds. The second kappa shape index (κ2) is 28.8. The van der Waals surface area contributed by atoms with Crippen LogP contribution in [0.1, 0.15) is 81.7 Å². The van der Waals surface area contributed by atoms with E-state index in [0.717, 1.165) is 48.5 Å². The predicted octanol–water partition coefficient (Wildman–Crippen LogP) is 5.22. The van der Waals surface area contributed by atoms with Crippen molar-refractivity contribution in [1.29, 1.82) is 0 Å². The zero-order valence-electron chi connectivity index (χ0n) is 51.8. The minimum atomic E-state index is -2.17. The SMILES string of the molecule is COCCOCN[C@H]1C(=O)N[C@@H]2Cc3ccc(c(Cl)c3)Oc3cc4cc(c3O)Oc3ccc(cc3Cl)[C@@H](O)[C@@H]3NC(=O)[C@H](NC(=O)[C@@H]4NC(=O)[C@@H](NC2=O)c2cc(O)cc(c2)Oc2cc1ccc2O)c1ccc(O)c(c1)-c1c(O)cc(O)cc1[C@@H](C(=O)NCCCN(C)C)NC3=O. The molecule has 6 aliphatic rings. The molecular weight excluding hydrogens is 1310 g/mol. The molecule has 13 rings (SSSR count). The van der Waals surface area contributed by atoms with Gasteiger partial charge in [-0.15, -0.1) is 0 Å². The Labute approximate surface area is 562 Å². The number of carbonyl (C=O) groups is 7. The van der Waals surface area contributed by atoms with Crippen LogP contribution in [0.3, 0.4) is 0 Å². The maximum atomic E-state index is 16.0. The topological polar surface area (TPSA) is 407 Å². The Morgan fingerprint density at radius 3 is 1.89 bits per heavy atom. The number of phenols is 6. The molecule has 28 nitrogen and oxygen atoms in total. The molecule has 6 aliphatic heterocycles. The average molecular weight is 1370 g/mol. The number of hydrogen-bond acceptors (Lipinski definition) is 21. The van der Waals surface area contributed by atoms with Crippen LogP contribution in [0.5, 0.6) is 69.0 Å². The predicted molar refractivity (Wildman–Crippen MR) is 345 cm³/mol. The number of hydrogen-bond donors (Lipinski definition) is 15. The molecule has 30 heteroatoms. The summed E-state index contributed by atoms with van der Waals surface area (Å²) in [5.74, 6) is -13.3. The Hall–Kier alpha value is -10.6. The Bertz CT molecular complexity index is 4290. The lowest BCUT2D eigenvalue weighted by molar-refractivity contribution is -0.137. The van der Waals surface area contributed by atoms with Crippen LogP contribution in [0.4, 0.5) is 0 Å². The molecule has 15 N–H and O–H groups in total. The van der Waals surface area contributed by atoms with E-state index >= 15 is 24.0 Å². The smallest absolute Gasteiger partial charge is 0.248 e. The molecule has 0 unspecified atom stereocenters. The van der Waals surface area contributed by atoms with Crippen molar-refractivity contribution in [3.05, 3.63) is 164 Å². The van der Waals surface area contributed by atoms with Gasteiger partial charge in [0.25, 0.3) is 0 Å². The van der Waals surface area contributed by atoms with E-state index < -0.39 is 136 Å². The number of phenolic OH excluding ortho intramolecular Hbond substituents is 6. The fourth-order valence-corrected chi connectivity index (χ4v) is 12.0. The third-order valence-electron chi connectivity index (χ3n) is 16.3. The van der Waals surface area contributed by atoms with Gasteiger partial charge < -0.3 is 102 Å². The van der Waals surface area contributed by atoms with E-state index in [1.807, 2.05) is 19.0 Å². The Morgan fingerprint density at radius 2 is 1.20 bits per heavy atom. The van der Waals surface area contributed by atoms with Gasteiger partial charge in [-0.1, -0.05) is 47.5 Å². The van der Waals surface area contributed by atoms with Gasteiger partial charge >= 0.3 is 0 Å². The number of halogens is 2. The molecule has 0 saturated carbocycles. The third kappa shape index (κ3) is 14.9. The van der Waals surface area contributed by atoms with Crippen LogP contribution in [0.15, 0.2) is 115 Å². The van der Waals surface area contributed by atoms with Crippen LogP contribution < -0.4 is 56.7 Å². The van der Waals surface area contributed by atoms with Gasteiger partial charge in [0.05, 0.1) is 30.0 Å². The van der Waals surface area contributed by atoms with Crippen LogP contribution in [-0.2, 0) is 49.5 Å². The number of nitrogens with one attached hydrogen (secondary N) is 8. The number of benzene rings is 7. The van der Waals surface area contributed by atoms with Gasteiger partial charge in [-0.25, -0.2) is 0 Å². The van der Waals surface area contributed by atoms with Crippen molar-refractivity contribution in [1.82, 2.24) is 47.4 Å². The summed E-state index contributed by atoms with van der Waals surface area (Å²) in [6.45, 7) is 0.647. The maximum Gasteiger partial charge on any atom is 0.248 e. The fourth-order valence-electron chi connectivity index (χ4n) is 11.5. The van der Waals surface area contributed by atoms with Crippen LogP contribution in [0, 0.1) is 0 Å². The number of rotatable bonds is 11. The summed E-state index contributed by atoms with van der Waals surface area (Å²) in [7, 11) is 5.10. The number of amides is 7. The molecule has 0 radical (unpaired) electrons. The molecule has 0 spiro atoms. The largest absolute Gasteiger partial charge is 0.508 e. The first-order valence-electron chi connectivity index (χ1n) is 30.2. The summed E-state index contributed by atoms with van der Waals surface area (Å²) < 4.78 is 29.5. The summed E-state index contributed by atoms with van der Waals surface area (Å²) in [5.41, 5.74) is -1.35. The quantitative estimate of drug-likeness (QED) is 0.0583. The second-order valence-electron chi connectivity index (χ2n) is 23.4. The van der Waals surface area contributed by atoms with Crippen LogP contribution >= 0.6 is 23.2 Å². The number of aliphatic hydroxyl groups is 1. The molecule has 7 aromatic carbocycles. The second-order valence-corrected chi connectivity index (χ2v) is 24.2. The summed E-state index contributed by atoms with van der Waals surface area (Å²) >= 11 is 13.9. The molecule has 8 atom stereocenters. The Kier molecular flexibility index (Phi) is 20.1. The molecule has 0 saturated heterocycles. The van der Waals surface area contributed by atoms with Crippen molar-refractivity contribution in [3.63, 3.8) is 0 Å². The molecule has 6 heterocycles. The van der Waals surface area contributed by atoms with Crippen molar-refractivity contribution in [3.8, 4) is 80.1 Å². The van der Waals surface area contributed by atoms with Gasteiger partial charge in [-0.05, 0) is 145 Å². The van der Waals surface area contributed by atoms with E-state index in [1.165, 1.54) is 73.8 Å². The number of aliphatic hydroxyl groups excluding tert-OH is 1. The summed E-state index contributed by atoms with van der Waals surface area (Å²) in [6, 6.07) is 9.77. The van der Waals surface area contributed by atoms with Crippen LogP contribution in [-0.4, -0.2) is 148 Å². The highest BCUT2D eigenvalue weighted by Gasteiger charge is 2.41. The lowest BCUT2D eigenvalue weighted by Crippen LogP contribution is -2.56. The highest BCUT2D eigenvalue weighted by Crippen LogP contribution is 2.48. The van der Waals surface area contributed by atoms with E-state index in [1.54, 1.807) is 0 Å². The van der Waals surface area contributed by atoms with Crippen LogP contribution in [0.2, 0.25) is 10.0 Å². The molecular formula is C67H65Cl2N9O19. The van der Waals surface area contributed by atoms with Gasteiger partial charge in [0.15, 0.2) is 23.0 Å². The molecule has 506 valence electrons. The summed E-state index contributed by atoms with van der Waals surface area (Å²) in [5, 5.41) is 103. The van der Waals surface area contributed by atoms with E-state index in [9.17, 15) is 45.3 Å². The molecule has 0 aromatic heterocycles. The van der Waals surface area contributed by atoms with E-state index in [4.69, 9.17) is 46.9 Å². The number of carbonyl (C=O) groups excluding carboxylic acids is 7. The number of methoxy groups -OCH3 is 1. The highest BCUT2D eigenvalue weighted by atomic mass is 35.5. The van der Waals surface area contributed by atoms with Gasteiger partial charge in [0.2, 0.25) is 47.1 Å². The first-order chi connectivity index (χ1) is 46.4. The molecule has 97 heavy (non-hydrogen) atoms. The zero-order chi connectivity index (χ0) is 69.1. The van der Waals surface area contributed by atoms with E-state index in [-0.39, 0.29) is 110 Å². The molecule has 7 aromatic rings. The van der Waals surface area contributed by atoms with Gasteiger partial charge in [-0.2, -0.15) is 0 Å². The standard InChI is InChI=1S/C67H65Cl2N9O19/c1-78(2)14-4-13-70-62(87)57-40-27-37(80)28-46(83)52(40)39-21-31(6-9-44(39)81)54-64(89)77-58(67(92)76-57)59(84)33-8-12-48(42(69)22-33)97-51-25-35-24-50(60(51)85)96-47-11-5-30(17-41(47)68)18-43-61(86)73-55(65(90)75-56(35)66(91)74-54)34-19-36(79)26-38(20-34)95-49-23-32(7-10-45(49)82)53(63(88)72-43)71-29-94-16-15-93-3/h5-12,17,19-28,43,53-59,71,79-85H,4,13-16,18,29H2,1-3H3,(H,70,87)(H,72,88)(H,73,86)(H,74,91)(H,75,90)(H,76,92)(H,77,89)/t43-,53-,54-,55+,56-,57+,58+,59-/m1/s1. The van der Waals surface area contributed by atoms with Crippen molar-refractivity contribution in [2.45, 2.75) is 61.2 Å². The number of nitrogens with zero attached hydrogens (tertiary/aromatic N) is 1. The fraction of sp³-hybridized carbons (Fsp3) is 0.269. The molecule has 17 bridgehead atoms. The van der Waals surface area contributed by atoms with E-state index in [2.05, 4.69) is 42.5 Å². The van der Waals surface area contributed by atoms with E-state index in [0.29, 0.717) is 18.5 Å². The monoisotopic (exact) mass is 1370 g/mol. The average Bonchev–Trinajstić information content (AvgIpc) is 0.793. The summed E-state index contributed by atoms with van der Waals surface area (Å²) in [4.78, 5) is 109. The van der Waals surface area contributed by atoms with Gasteiger partial charge in [0.1, 0.15) is 88.6 Å². The van der Waals surface area contributed by atoms with Crippen molar-refractivity contribution in [2.75, 3.05) is 54.2 Å². The zero-order valence-corrected chi connectivity index (χ0v) is 53.3. The van der Waals surface area contributed by atoms with Crippen molar-refractivity contribution in [2.24, 2.45) is 0 Å². The Balaban J connectivity index is 1.10. The summed E-state index contributed by atoms with van der Waals surface area (Å²) in [6.07, 6.45) is -2.01. The van der Waals surface area contributed by atoms with Gasteiger partial charge in [0, 0.05) is 43.3 Å². The number of aromatic hydroxyl groups is 6. The number of fused-ring (bicyclic) bond motifs is 14. The van der Waals surface area contributed by atoms with Crippen LogP contribution in [0.25, 0.3) is 11.1 Å². The minimum Gasteiger partial charge on any atom is -0.508 e. The Morgan fingerprint density at radius 1 is 0.577 bits per heavy atom. The first-order valence-corrected chi connectivity index (χ1v) is 30.9. The lowest BCUT2D eigenvalue weighted by Gasteiger charge is -2.31. The third-order valence-corrected chi connectivity index (χ3v) is 16.9. The van der Waals surface area contributed by atoms with Crippen molar-refractivity contribution < 1.29 is 93.0 Å². The van der Waals surface area contributed by atoms with Gasteiger partial charge in [-0.3, -0.25) is 38.9 Å². The molecule has 0 fully saturated rings. The normalized spacial score (nSPS) is 20.8. The highest BCUT2D eigenvalue weighted by molar-refractivity contribution is 6.32. The number of ether oxygens (including phenoxy) is 5.